The maximum absolute atomic E-state index is 11.3. The molecule has 0 spiro atoms. The van der Waals surface area contributed by atoms with Crippen molar-refractivity contribution in [2.75, 3.05) is 13.1 Å². The molecule has 3 heteroatoms. The smallest absolute Gasteiger partial charge is 0.221 e. The predicted octanol–water partition coefficient (Wildman–Crippen LogP) is 2.13. The molecule has 0 aliphatic heterocycles. The summed E-state index contributed by atoms with van der Waals surface area (Å²) < 4.78 is 0. The third kappa shape index (κ3) is 4.49. The van der Waals surface area contributed by atoms with E-state index >= 15 is 0 Å². The van der Waals surface area contributed by atoms with E-state index in [9.17, 15) is 4.79 Å². The van der Waals surface area contributed by atoms with Gasteiger partial charge in [0.15, 0.2) is 0 Å². The van der Waals surface area contributed by atoms with Gasteiger partial charge in [0, 0.05) is 19.5 Å². The van der Waals surface area contributed by atoms with E-state index in [2.05, 4.69) is 44.3 Å². The number of carbonyl (C=O) groups excluding carboxylic acids is 1. The van der Waals surface area contributed by atoms with Gasteiger partial charge >= 0.3 is 0 Å². The van der Waals surface area contributed by atoms with E-state index in [4.69, 9.17) is 5.73 Å². The Balaban J connectivity index is 2.56. The number of aryl methyl sites for hydroxylation is 1. The van der Waals surface area contributed by atoms with Crippen LogP contribution in [0, 0.1) is 6.92 Å². The molecule has 0 aliphatic carbocycles. The fourth-order valence-corrected chi connectivity index (χ4v) is 1.88. The van der Waals surface area contributed by atoms with Gasteiger partial charge in [-0.05, 0) is 36.0 Å². The van der Waals surface area contributed by atoms with Gasteiger partial charge in [0.1, 0.15) is 0 Å². The maximum Gasteiger partial charge on any atom is 0.221 e. The van der Waals surface area contributed by atoms with Crippen LogP contribution in [0.25, 0.3) is 0 Å². The molecule has 0 radical (unpaired) electrons. The predicted molar refractivity (Wildman–Crippen MR) is 75.7 cm³/mol. The zero-order valence-corrected chi connectivity index (χ0v) is 11.6. The Morgan fingerprint density at radius 1 is 1.39 bits per heavy atom. The molecule has 1 aromatic carbocycles. The highest BCUT2D eigenvalue weighted by Crippen LogP contribution is 2.18. The Labute approximate surface area is 110 Å². The van der Waals surface area contributed by atoms with Gasteiger partial charge in [-0.3, -0.25) is 4.79 Å². The number of hydrogen-bond acceptors (Lipinski definition) is 2. The lowest BCUT2D eigenvalue weighted by Gasteiger charge is -2.12. The molecule has 0 aromatic heterocycles. The summed E-state index contributed by atoms with van der Waals surface area (Å²) in [6, 6.07) is 6.58. The van der Waals surface area contributed by atoms with E-state index in [0.29, 0.717) is 25.4 Å². The summed E-state index contributed by atoms with van der Waals surface area (Å²) >= 11 is 0. The Kier molecular flexibility index (Phi) is 5.86. The Morgan fingerprint density at radius 2 is 2.11 bits per heavy atom. The summed E-state index contributed by atoms with van der Waals surface area (Å²) in [5.74, 6) is 0.575. The van der Waals surface area contributed by atoms with Crippen LogP contribution in [0.15, 0.2) is 18.2 Å². The Bertz CT molecular complexity index is 399. The van der Waals surface area contributed by atoms with Crippen molar-refractivity contribution < 1.29 is 4.79 Å². The van der Waals surface area contributed by atoms with Crippen LogP contribution in [0.1, 0.15) is 42.9 Å². The minimum atomic E-state index is 0.0372. The second-order valence-corrected chi connectivity index (χ2v) is 4.98. The lowest BCUT2D eigenvalue weighted by molar-refractivity contribution is -0.120. The van der Waals surface area contributed by atoms with Crippen LogP contribution in [0.3, 0.4) is 0 Å². The zero-order valence-electron chi connectivity index (χ0n) is 11.6. The first-order chi connectivity index (χ1) is 8.54. The SMILES string of the molecule is Cc1ccc(C(C)C)cc1CCNC(=O)CCN. The molecule has 1 rings (SSSR count). The third-order valence-electron chi connectivity index (χ3n) is 3.13. The summed E-state index contributed by atoms with van der Waals surface area (Å²) in [7, 11) is 0. The second kappa shape index (κ2) is 7.17. The number of carbonyl (C=O) groups is 1. The molecule has 0 aliphatic rings. The summed E-state index contributed by atoms with van der Waals surface area (Å²) in [6.45, 7) is 7.59. The molecule has 0 saturated carbocycles. The standard InChI is InChI=1S/C15H24N2O/c1-11(2)13-5-4-12(3)14(10-13)7-9-17-15(18)6-8-16/h4-5,10-11H,6-9,16H2,1-3H3,(H,17,18). The van der Waals surface area contributed by atoms with Crippen LogP contribution in [0.4, 0.5) is 0 Å². The minimum absolute atomic E-state index is 0.0372. The van der Waals surface area contributed by atoms with Crippen LogP contribution >= 0.6 is 0 Å². The Hall–Kier alpha value is -1.35. The molecule has 0 saturated heterocycles. The van der Waals surface area contributed by atoms with Gasteiger partial charge in [-0.15, -0.1) is 0 Å². The van der Waals surface area contributed by atoms with E-state index in [1.807, 2.05) is 0 Å². The van der Waals surface area contributed by atoms with Gasteiger partial charge in [-0.1, -0.05) is 32.0 Å². The highest BCUT2D eigenvalue weighted by atomic mass is 16.1. The monoisotopic (exact) mass is 248 g/mol. The molecular formula is C15H24N2O. The van der Waals surface area contributed by atoms with Crippen molar-refractivity contribution in [2.45, 2.75) is 39.5 Å². The van der Waals surface area contributed by atoms with Crippen LogP contribution < -0.4 is 11.1 Å². The fraction of sp³-hybridized carbons (Fsp3) is 0.533. The molecule has 1 amide bonds. The summed E-state index contributed by atoms with van der Waals surface area (Å²) in [5, 5.41) is 2.89. The largest absolute Gasteiger partial charge is 0.356 e. The average molecular weight is 248 g/mol. The van der Waals surface area contributed by atoms with E-state index in [1.54, 1.807) is 0 Å². The van der Waals surface area contributed by atoms with Crippen molar-refractivity contribution in [3.05, 3.63) is 34.9 Å². The van der Waals surface area contributed by atoms with Crippen molar-refractivity contribution in [2.24, 2.45) is 5.73 Å². The molecule has 0 heterocycles. The first kappa shape index (κ1) is 14.7. The minimum Gasteiger partial charge on any atom is -0.356 e. The third-order valence-corrected chi connectivity index (χ3v) is 3.13. The first-order valence-electron chi connectivity index (χ1n) is 6.60. The van der Waals surface area contributed by atoms with Gasteiger partial charge in [-0.2, -0.15) is 0 Å². The zero-order chi connectivity index (χ0) is 13.5. The maximum atomic E-state index is 11.3. The molecule has 100 valence electrons. The molecule has 0 bridgehead atoms. The number of amides is 1. The van der Waals surface area contributed by atoms with Gasteiger partial charge in [0.2, 0.25) is 5.91 Å². The number of nitrogens with one attached hydrogen (secondary N) is 1. The van der Waals surface area contributed by atoms with Crippen molar-refractivity contribution in [1.29, 1.82) is 0 Å². The summed E-state index contributed by atoms with van der Waals surface area (Å²) in [5.41, 5.74) is 9.28. The normalized spacial score (nSPS) is 10.7. The molecule has 1 aromatic rings. The fourth-order valence-electron chi connectivity index (χ4n) is 1.88. The number of hydrogen-bond donors (Lipinski definition) is 2. The van der Waals surface area contributed by atoms with E-state index in [1.165, 1.54) is 16.7 Å². The average Bonchev–Trinajstić information content (AvgIpc) is 2.31. The van der Waals surface area contributed by atoms with Crippen molar-refractivity contribution >= 4 is 5.91 Å². The summed E-state index contributed by atoms with van der Waals surface area (Å²) in [4.78, 5) is 11.3. The molecule has 0 unspecified atom stereocenters. The van der Waals surface area contributed by atoms with Gasteiger partial charge in [-0.25, -0.2) is 0 Å². The van der Waals surface area contributed by atoms with Crippen LogP contribution in [-0.2, 0) is 11.2 Å². The van der Waals surface area contributed by atoms with Crippen LogP contribution in [0.5, 0.6) is 0 Å². The van der Waals surface area contributed by atoms with Gasteiger partial charge in [0.25, 0.3) is 0 Å². The van der Waals surface area contributed by atoms with E-state index in [0.717, 1.165) is 6.42 Å². The number of rotatable bonds is 6. The number of nitrogens with two attached hydrogens (primary N) is 1. The summed E-state index contributed by atoms with van der Waals surface area (Å²) in [6.07, 6.45) is 1.29. The molecule has 3 N–H and O–H groups in total. The van der Waals surface area contributed by atoms with Crippen molar-refractivity contribution in [3.8, 4) is 0 Å². The molecule has 18 heavy (non-hydrogen) atoms. The lowest BCUT2D eigenvalue weighted by Crippen LogP contribution is -2.27. The topological polar surface area (TPSA) is 55.1 Å². The molecule has 0 fully saturated rings. The molecular weight excluding hydrogens is 224 g/mol. The lowest BCUT2D eigenvalue weighted by atomic mass is 9.96. The first-order valence-corrected chi connectivity index (χ1v) is 6.60. The van der Waals surface area contributed by atoms with Gasteiger partial charge < -0.3 is 11.1 Å². The molecule has 3 nitrogen and oxygen atoms in total. The quantitative estimate of drug-likeness (QED) is 0.810. The second-order valence-electron chi connectivity index (χ2n) is 4.98. The van der Waals surface area contributed by atoms with Crippen molar-refractivity contribution in [1.82, 2.24) is 5.32 Å². The van der Waals surface area contributed by atoms with Crippen molar-refractivity contribution in [3.63, 3.8) is 0 Å². The number of benzene rings is 1. The molecule has 0 atom stereocenters. The Morgan fingerprint density at radius 3 is 2.72 bits per heavy atom. The highest BCUT2D eigenvalue weighted by Gasteiger charge is 2.04. The van der Waals surface area contributed by atoms with E-state index in [-0.39, 0.29) is 5.91 Å². The van der Waals surface area contributed by atoms with E-state index < -0.39 is 0 Å². The van der Waals surface area contributed by atoms with Crippen LogP contribution in [0.2, 0.25) is 0 Å². The van der Waals surface area contributed by atoms with Crippen LogP contribution in [-0.4, -0.2) is 19.0 Å². The van der Waals surface area contributed by atoms with Gasteiger partial charge in [0.05, 0.1) is 0 Å². The highest BCUT2D eigenvalue weighted by molar-refractivity contribution is 5.76.